The van der Waals surface area contributed by atoms with Crippen LogP contribution >= 0.6 is 0 Å². The van der Waals surface area contributed by atoms with Crippen LogP contribution in [0, 0.1) is 11.8 Å². The molecule has 1 aromatic carbocycles. The Morgan fingerprint density at radius 3 is 2.77 bits per heavy atom. The van der Waals surface area contributed by atoms with Crippen molar-refractivity contribution >= 4 is 16.8 Å². The summed E-state index contributed by atoms with van der Waals surface area (Å²) in [5.74, 6) is 0.442. The van der Waals surface area contributed by atoms with Crippen molar-refractivity contribution in [1.82, 2.24) is 14.8 Å². The molecule has 4 rings (SSSR count). The number of morpholine rings is 1. The number of fused-ring (bicyclic) bond motifs is 1. The lowest BCUT2D eigenvalue weighted by atomic mass is 9.96. The van der Waals surface area contributed by atoms with Crippen molar-refractivity contribution < 1.29 is 14.6 Å². The number of hydrogen-bond donors (Lipinski definition) is 1. The monoisotopic (exact) mass is 355 g/mol. The highest BCUT2D eigenvalue weighted by Crippen LogP contribution is 2.26. The van der Waals surface area contributed by atoms with Crippen LogP contribution in [0.5, 0.6) is 0 Å². The SMILES string of the molecule is O=C(c1cnc2ccccc2c1)N1C[C@@H](CN2CCOCC2)[C@@H](CO)C1. The normalized spacial score (nSPS) is 24.3. The van der Waals surface area contributed by atoms with E-state index >= 15 is 0 Å². The van der Waals surface area contributed by atoms with Gasteiger partial charge >= 0.3 is 0 Å². The summed E-state index contributed by atoms with van der Waals surface area (Å²) < 4.78 is 5.41. The maximum Gasteiger partial charge on any atom is 0.255 e. The molecule has 1 amide bonds. The Hall–Kier alpha value is -2.02. The second-order valence-electron chi connectivity index (χ2n) is 7.24. The molecule has 26 heavy (non-hydrogen) atoms. The van der Waals surface area contributed by atoms with Crippen LogP contribution in [0.1, 0.15) is 10.4 Å². The summed E-state index contributed by atoms with van der Waals surface area (Å²) in [5.41, 5.74) is 1.51. The number of aromatic nitrogens is 1. The summed E-state index contributed by atoms with van der Waals surface area (Å²) in [6.07, 6.45) is 1.66. The van der Waals surface area contributed by atoms with Crippen molar-refractivity contribution in [3.05, 3.63) is 42.1 Å². The number of carbonyl (C=O) groups is 1. The molecule has 1 N–H and O–H groups in total. The quantitative estimate of drug-likeness (QED) is 0.894. The fraction of sp³-hybridized carbons (Fsp3) is 0.500. The molecule has 138 valence electrons. The number of aliphatic hydroxyl groups is 1. The minimum absolute atomic E-state index is 0.00572. The lowest BCUT2D eigenvalue weighted by Crippen LogP contribution is -2.41. The third kappa shape index (κ3) is 3.58. The van der Waals surface area contributed by atoms with Crippen LogP contribution in [0.3, 0.4) is 0 Å². The van der Waals surface area contributed by atoms with E-state index in [-0.39, 0.29) is 18.4 Å². The second-order valence-corrected chi connectivity index (χ2v) is 7.24. The molecular weight excluding hydrogens is 330 g/mol. The van der Waals surface area contributed by atoms with Gasteiger partial charge in [-0.2, -0.15) is 0 Å². The number of aliphatic hydroxyl groups excluding tert-OH is 1. The Bertz CT molecular complexity index is 776. The third-order valence-electron chi connectivity index (χ3n) is 5.53. The lowest BCUT2D eigenvalue weighted by molar-refractivity contribution is 0.0264. The average Bonchev–Trinajstić information content (AvgIpc) is 3.10. The first kappa shape index (κ1) is 17.4. The summed E-state index contributed by atoms with van der Waals surface area (Å²) in [5, 5.41) is 10.8. The van der Waals surface area contributed by atoms with E-state index in [4.69, 9.17) is 4.74 Å². The summed E-state index contributed by atoms with van der Waals surface area (Å²) in [4.78, 5) is 21.6. The van der Waals surface area contributed by atoms with Crippen molar-refractivity contribution in [1.29, 1.82) is 0 Å². The fourth-order valence-corrected chi connectivity index (χ4v) is 4.00. The molecule has 1 aromatic heterocycles. The highest BCUT2D eigenvalue weighted by molar-refractivity contribution is 5.97. The predicted molar refractivity (Wildman–Crippen MR) is 99.0 cm³/mol. The number of ether oxygens (including phenoxy) is 1. The topological polar surface area (TPSA) is 65.9 Å². The van der Waals surface area contributed by atoms with Crippen LogP contribution in [0.2, 0.25) is 0 Å². The fourth-order valence-electron chi connectivity index (χ4n) is 4.00. The number of para-hydroxylation sites is 1. The Balaban J connectivity index is 1.46. The number of hydrogen-bond acceptors (Lipinski definition) is 5. The van der Waals surface area contributed by atoms with Gasteiger partial charge in [-0.1, -0.05) is 18.2 Å². The number of nitrogens with zero attached hydrogens (tertiary/aromatic N) is 3. The third-order valence-corrected chi connectivity index (χ3v) is 5.53. The average molecular weight is 355 g/mol. The molecule has 2 aromatic rings. The van der Waals surface area contributed by atoms with Crippen LogP contribution in [-0.4, -0.2) is 78.3 Å². The first-order chi connectivity index (χ1) is 12.7. The molecule has 0 radical (unpaired) electrons. The summed E-state index contributed by atoms with van der Waals surface area (Å²) in [7, 11) is 0. The van der Waals surface area contributed by atoms with Gasteiger partial charge < -0.3 is 14.7 Å². The van der Waals surface area contributed by atoms with Crippen molar-refractivity contribution in [2.75, 3.05) is 52.5 Å². The zero-order valence-electron chi connectivity index (χ0n) is 14.9. The highest BCUT2D eigenvalue weighted by Gasteiger charge is 2.36. The van der Waals surface area contributed by atoms with Gasteiger partial charge in [-0.05, 0) is 18.1 Å². The van der Waals surface area contributed by atoms with Gasteiger partial charge in [-0.25, -0.2) is 0 Å². The highest BCUT2D eigenvalue weighted by atomic mass is 16.5. The lowest BCUT2D eigenvalue weighted by Gasteiger charge is -2.30. The Morgan fingerprint density at radius 1 is 1.19 bits per heavy atom. The van der Waals surface area contributed by atoms with Crippen LogP contribution < -0.4 is 0 Å². The zero-order valence-corrected chi connectivity index (χ0v) is 14.9. The molecular formula is C20H25N3O3. The molecule has 2 aliphatic heterocycles. The van der Waals surface area contributed by atoms with E-state index < -0.39 is 0 Å². The number of pyridine rings is 1. The van der Waals surface area contributed by atoms with Gasteiger partial charge in [0.25, 0.3) is 5.91 Å². The zero-order chi connectivity index (χ0) is 17.9. The van der Waals surface area contributed by atoms with Crippen molar-refractivity contribution in [2.24, 2.45) is 11.8 Å². The second kappa shape index (κ2) is 7.70. The van der Waals surface area contributed by atoms with E-state index in [1.54, 1.807) is 6.20 Å². The Labute approximate surface area is 153 Å². The number of benzene rings is 1. The first-order valence-electron chi connectivity index (χ1n) is 9.29. The number of rotatable bonds is 4. The van der Waals surface area contributed by atoms with Crippen LogP contribution in [0.25, 0.3) is 10.9 Å². The van der Waals surface area contributed by atoms with E-state index in [0.29, 0.717) is 24.6 Å². The van der Waals surface area contributed by atoms with Gasteiger partial charge in [-0.3, -0.25) is 14.7 Å². The largest absolute Gasteiger partial charge is 0.396 e. The van der Waals surface area contributed by atoms with Gasteiger partial charge in [0.15, 0.2) is 0 Å². The van der Waals surface area contributed by atoms with E-state index in [1.165, 1.54) is 0 Å². The minimum atomic E-state index is 0.00572. The number of likely N-dealkylation sites (tertiary alicyclic amines) is 1. The smallest absolute Gasteiger partial charge is 0.255 e. The van der Waals surface area contributed by atoms with E-state index in [2.05, 4.69) is 9.88 Å². The molecule has 6 nitrogen and oxygen atoms in total. The summed E-state index contributed by atoms with van der Waals surface area (Å²) >= 11 is 0. The molecule has 0 bridgehead atoms. The maximum atomic E-state index is 13.0. The standard InChI is InChI=1S/C20H25N3O3/c24-14-18-13-23(12-17(18)11-22-5-7-26-8-6-22)20(25)16-9-15-3-1-2-4-19(15)21-10-16/h1-4,9-10,17-18,24H,5-8,11-14H2/t17-,18-/m1/s1. The maximum absolute atomic E-state index is 13.0. The van der Waals surface area contributed by atoms with Gasteiger partial charge in [0, 0.05) is 56.8 Å². The molecule has 0 unspecified atom stereocenters. The summed E-state index contributed by atoms with van der Waals surface area (Å²) in [6, 6.07) is 9.72. The van der Waals surface area contributed by atoms with E-state index in [9.17, 15) is 9.90 Å². The minimum Gasteiger partial charge on any atom is -0.396 e. The van der Waals surface area contributed by atoms with E-state index in [0.717, 1.165) is 43.8 Å². The molecule has 2 fully saturated rings. The van der Waals surface area contributed by atoms with Crippen LogP contribution in [-0.2, 0) is 4.74 Å². The number of carbonyl (C=O) groups excluding carboxylic acids is 1. The molecule has 2 saturated heterocycles. The molecule has 3 heterocycles. The van der Waals surface area contributed by atoms with E-state index in [1.807, 2.05) is 35.2 Å². The summed E-state index contributed by atoms with van der Waals surface area (Å²) in [6.45, 7) is 5.71. The van der Waals surface area contributed by atoms with Gasteiger partial charge in [0.2, 0.25) is 0 Å². The van der Waals surface area contributed by atoms with Gasteiger partial charge in [-0.15, -0.1) is 0 Å². The first-order valence-corrected chi connectivity index (χ1v) is 9.29. The number of amides is 1. The van der Waals surface area contributed by atoms with Crippen molar-refractivity contribution in [3.63, 3.8) is 0 Å². The predicted octanol–water partition coefficient (Wildman–Crippen LogP) is 1.25. The molecule has 0 spiro atoms. The van der Waals surface area contributed by atoms with Gasteiger partial charge in [0.05, 0.1) is 24.3 Å². The van der Waals surface area contributed by atoms with Crippen LogP contribution in [0.4, 0.5) is 0 Å². The Kier molecular flexibility index (Phi) is 5.15. The molecule has 0 saturated carbocycles. The molecule has 2 atom stereocenters. The molecule has 2 aliphatic rings. The molecule has 6 heteroatoms. The van der Waals surface area contributed by atoms with Crippen LogP contribution in [0.15, 0.2) is 36.5 Å². The Morgan fingerprint density at radius 2 is 1.96 bits per heavy atom. The molecule has 0 aliphatic carbocycles. The van der Waals surface area contributed by atoms with Crippen molar-refractivity contribution in [2.45, 2.75) is 0 Å². The van der Waals surface area contributed by atoms with Crippen molar-refractivity contribution in [3.8, 4) is 0 Å². The van der Waals surface area contributed by atoms with Gasteiger partial charge in [0.1, 0.15) is 0 Å².